The molecule has 0 aliphatic carbocycles. The van der Waals surface area contributed by atoms with E-state index < -0.39 is 0 Å². The minimum atomic E-state index is 0.205. The van der Waals surface area contributed by atoms with Crippen LogP contribution in [0.2, 0.25) is 0 Å². The number of carbonyl (C=O) groups excluding carboxylic acids is 1. The summed E-state index contributed by atoms with van der Waals surface area (Å²) in [4.78, 5) is 13.5. The highest BCUT2D eigenvalue weighted by atomic mass is 16.1. The molecule has 3 nitrogen and oxygen atoms in total. The fourth-order valence-electron chi connectivity index (χ4n) is 2.83. The fourth-order valence-corrected chi connectivity index (χ4v) is 2.83. The lowest BCUT2D eigenvalue weighted by Gasteiger charge is -2.32. The minimum Gasteiger partial charge on any atom is -0.310 e. The molecule has 0 saturated carbocycles. The lowest BCUT2D eigenvalue weighted by atomic mass is 9.96. The summed E-state index contributed by atoms with van der Waals surface area (Å²) in [5, 5.41) is 3.57. The van der Waals surface area contributed by atoms with Gasteiger partial charge >= 0.3 is 0 Å². The molecule has 0 radical (unpaired) electrons. The third kappa shape index (κ3) is 5.06. The van der Waals surface area contributed by atoms with Gasteiger partial charge in [0.2, 0.25) is 0 Å². The Labute approximate surface area is 123 Å². The first-order valence-corrected chi connectivity index (χ1v) is 7.32. The highest BCUT2D eigenvalue weighted by Crippen LogP contribution is 2.23. The van der Waals surface area contributed by atoms with Gasteiger partial charge in [0.1, 0.15) is 5.78 Å². The van der Waals surface area contributed by atoms with Crippen molar-refractivity contribution in [3.05, 3.63) is 35.4 Å². The number of rotatable bonds is 7. The van der Waals surface area contributed by atoms with Crippen molar-refractivity contribution in [3.63, 3.8) is 0 Å². The van der Waals surface area contributed by atoms with Gasteiger partial charge in [-0.1, -0.05) is 38.1 Å². The molecule has 1 N–H and O–H groups in total. The maximum absolute atomic E-state index is 11.3. The van der Waals surface area contributed by atoms with Crippen LogP contribution >= 0.6 is 0 Å². The number of carbonyl (C=O) groups is 1. The number of ketones is 1. The first kappa shape index (κ1) is 16.9. The second-order valence-corrected chi connectivity index (χ2v) is 6.14. The van der Waals surface area contributed by atoms with Crippen LogP contribution in [0.25, 0.3) is 0 Å². The summed E-state index contributed by atoms with van der Waals surface area (Å²) in [5.41, 5.74) is 2.35. The SMILES string of the molecule is CC(=O)Cc1cccc([C@@H]([C@H](C)NC(C)C)N(C)C)c1. The number of hydrogen-bond acceptors (Lipinski definition) is 3. The number of nitrogens with one attached hydrogen (secondary N) is 1. The van der Waals surface area contributed by atoms with E-state index in [1.807, 2.05) is 12.1 Å². The summed E-state index contributed by atoms with van der Waals surface area (Å²) in [7, 11) is 4.20. The topological polar surface area (TPSA) is 32.3 Å². The van der Waals surface area contributed by atoms with Crippen molar-refractivity contribution in [2.45, 2.75) is 52.2 Å². The van der Waals surface area contributed by atoms with E-state index in [2.05, 4.69) is 57.2 Å². The molecule has 0 spiro atoms. The second kappa shape index (κ2) is 7.55. The van der Waals surface area contributed by atoms with Gasteiger partial charge in [-0.15, -0.1) is 0 Å². The number of Topliss-reactive ketones (excluding diaryl/α,β-unsaturated/α-hetero) is 1. The summed E-state index contributed by atoms with van der Waals surface area (Å²) < 4.78 is 0. The van der Waals surface area contributed by atoms with E-state index in [9.17, 15) is 4.79 Å². The van der Waals surface area contributed by atoms with Gasteiger partial charge in [0.15, 0.2) is 0 Å². The minimum absolute atomic E-state index is 0.205. The first-order chi connectivity index (χ1) is 9.31. The highest BCUT2D eigenvalue weighted by Gasteiger charge is 2.22. The van der Waals surface area contributed by atoms with Gasteiger partial charge in [-0.25, -0.2) is 0 Å². The predicted octanol–water partition coefficient (Wildman–Crippen LogP) is 2.81. The molecule has 112 valence electrons. The largest absolute Gasteiger partial charge is 0.310 e. The number of benzene rings is 1. The highest BCUT2D eigenvalue weighted by molar-refractivity contribution is 5.78. The van der Waals surface area contributed by atoms with Gasteiger partial charge < -0.3 is 10.2 Å². The standard InChI is InChI=1S/C17H28N2O/c1-12(2)18-14(4)17(19(5)6)16-9-7-8-15(11-16)10-13(3)20/h7-9,11-12,14,17-18H,10H2,1-6H3/t14-,17+/m0/s1. The molecule has 0 aliphatic heterocycles. The molecule has 0 saturated heterocycles. The van der Waals surface area contributed by atoms with Crippen LogP contribution in [0.3, 0.4) is 0 Å². The maximum atomic E-state index is 11.3. The van der Waals surface area contributed by atoms with Crippen LogP contribution in [0.1, 0.15) is 44.9 Å². The van der Waals surface area contributed by atoms with Crippen LogP contribution < -0.4 is 5.32 Å². The molecule has 0 unspecified atom stereocenters. The molecular weight excluding hydrogens is 248 g/mol. The smallest absolute Gasteiger partial charge is 0.134 e. The van der Waals surface area contributed by atoms with Crippen molar-refractivity contribution >= 4 is 5.78 Å². The maximum Gasteiger partial charge on any atom is 0.134 e. The number of likely N-dealkylation sites (N-methyl/N-ethyl adjacent to an activating group) is 1. The normalized spacial score (nSPS) is 14.6. The van der Waals surface area contributed by atoms with Crippen molar-refractivity contribution in [3.8, 4) is 0 Å². The zero-order valence-electron chi connectivity index (χ0n) is 13.6. The Morgan fingerprint density at radius 3 is 2.40 bits per heavy atom. The average molecular weight is 276 g/mol. The van der Waals surface area contributed by atoms with Gasteiger partial charge in [0.05, 0.1) is 0 Å². The van der Waals surface area contributed by atoms with Gasteiger partial charge in [0.25, 0.3) is 0 Å². The molecule has 3 heteroatoms. The molecule has 0 bridgehead atoms. The third-order valence-electron chi connectivity index (χ3n) is 3.37. The zero-order valence-corrected chi connectivity index (χ0v) is 13.6. The monoisotopic (exact) mass is 276 g/mol. The Morgan fingerprint density at radius 2 is 1.90 bits per heavy atom. The van der Waals surface area contributed by atoms with E-state index in [0.717, 1.165) is 5.56 Å². The van der Waals surface area contributed by atoms with E-state index >= 15 is 0 Å². The molecule has 0 aromatic heterocycles. The third-order valence-corrected chi connectivity index (χ3v) is 3.37. The van der Waals surface area contributed by atoms with Crippen molar-refractivity contribution in [1.29, 1.82) is 0 Å². The van der Waals surface area contributed by atoms with Crippen molar-refractivity contribution in [2.75, 3.05) is 14.1 Å². The van der Waals surface area contributed by atoms with Gasteiger partial charge in [-0.2, -0.15) is 0 Å². The first-order valence-electron chi connectivity index (χ1n) is 7.32. The lowest BCUT2D eigenvalue weighted by Crippen LogP contribution is -2.42. The summed E-state index contributed by atoms with van der Waals surface area (Å²) >= 11 is 0. The number of hydrogen-bond donors (Lipinski definition) is 1. The average Bonchev–Trinajstić information content (AvgIpc) is 2.26. The van der Waals surface area contributed by atoms with Crippen LogP contribution in [0.15, 0.2) is 24.3 Å². The van der Waals surface area contributed by atoms with Crippen LogP contribution in [-0.2, 0) is 11.2 Å². The van der Waals surface area contributed by atoms with E-state index in [0.29, 0.717) is 24.5 Å². The molecule has 1 aromatic carbocycles. The van der Waals surface area contributed by atoms with E-state index in [4.69, 9.17) is 0 Å². The molecular formula is C17H28N2O. The zero-order chi connectivity index (χ0) is 15.3. The summed E-state index contributed by atoms with van der Waals surface area (Å²) in [6.07, 6.45) is 0.514. The van der Waals surface area contributed by atoms with E-state index in [-0.39, 0.29) is 5.78 Å². The Morgan fingerprint density at radius 1 is 1.25 bits per heavy atom. The molecule has 0 aliphatic rings. The second-order valence-electron chi connectivity index (χ2n) is 6.14. The summed E-state index contributed by atoms with van der Waals surface area (Å²) in [5.74, 6) is 0.205. The number of nitrogens with zero attached hydrogens (tertiary/aromatic N) is 1. The van der Waals surface area contributed by atoms with Crippen LogP contribution in [0.4, 0.5) is 0 Å². The van der Waals surface area contributed by atoms with Crippen molar-refractivity contribution in [1.82, 2.24) is 10.2 Å². The molecule has 0 amide bonds. The molecule has 2 atom stereocenters. The fraction of sp³-hybridized carbons (Fsp3) is 0.588. The van der Waals surface area contributed by atoms with Crippen LogP contribution in [-0.4, -0.2) is 36.9 Å². The van der Waals surface area contributed by atoms with E-state index in [1.165, 1.54) is 5.56 Å². The van der Waals surface area contributed by atoms with Crippen molar-refractivity contribution in [2.24, 2.45) is 0 Å². The Kier molecular flexibility index (Phi) is 6.37. The van der Waals surface area contributed by atoms with Crippen LogP contribution in [0.5, 0.6) is 0 Å². The van der Waals surface area contributed by atoms with Crippen LogP contribution in [0, 0.1) is 0 Å². The lowest BCUT2D eigenvalue weighted by molar-refractivity contribution is -0.116. The quantitative estimate of drug-likeness (QED) is 0.831. The Balaban J connectivity index is 2.99. The Hall–Kier alpha value is -1.19. The molecule has 1 aromatic rings. The molecule has 0 heterocycles. The molecule has 20 heavy (non-hydrogen) atoms. The van der Waals surface area contributed by atoms with Crippen molar-refractivity contribution < 1.29 is 4.79 Å². The molecule has 1 rings (SSSR count). The predicted molar refractivity (Wildman–Crippen MR) is 85.0 cm³/mol. The summed E-state index contributed by atoms with van der Waals surface area (Å²) in [6, 6.07) is 9.47. The Bertz CT molecular complexity index is 440. The molecule has 0 fully saturated rings. The summed E-state index contributed by atoms with van der Waals surface area (Å²) in [6.45, 7) is 8.17. The van der Waals surface area contributed by atoms with E-state index in [1.54, 1.807) is 6.92 Å². The van der Waals surface area contributed by atoms with Gasteiger partial charge in [-0.3, -0.25) is 4.79 Å². The van der Waals surface area contributed by atoms with Gasteiger partial charge in [-0.05, 0) is 39.1 Å². The van der Waals surface area contributed by atoms with Gasteiger partial charge in [0, 0.05) is 24.5 Å².